The van der Waals surface area contributed by atoms with Crippen LogP contribution in [0.25, 0.3) is 0 Å². The van der Waals surface area contributed by atoms with Crippen LogP contribution < -0.4 is 5.32 Å². The Morgan fingerprint density at radius 1 is 1.27 bits per heavy atom. The zero-order valence-electron chi connectivity index (χ0n) is 14.8. The molecule has 0 aliphatic heterocycles. The quantitative estimate of drug-likeness (QED) is 0.673. The van der Waals surface area contributed by atoms with Gasteiger partial charge >= 0.3 is 0 Å². The van der Waals surface area contributed by atoms with Crippen molar-refractivity contribution in [2.45, 2.75) is 49.0 Å². The Bertz CT molecular complexity index is 737. The number of thioether (sulfide) groups is 1. The van der Waals surface area contributed by atoms with E-state index in [-0.39, 0.29) is 17.1 Å². The molecule has 0 radical (unpaired) electrons. The maximum Gasteiger partial charge on any atom is 0.230 e. The van der Waals surface area contributed by atoms with Crippen molar-refractivity contribution in [2.24, 2.45) is 0 Å². The molecule has 26 heavy (non-hydrogen) atoms. The number of hydrogen-bond acceptors (Lipinski definition) is 4. The highest BCUT2D eigenvalue weighted by Crippen LogP contribution is 2.44. The van der Waals surface area contributed by atoms with Crippen molar-refractivity contribution in [1.29, 1.82) is 0 Å². The van der Waals surface area contributed by atoms with Gasteiger partial charge in [-0.3, -0.25) is 4.79 Å². The molecule has 3 nitrogen and oxygen atoms in total. The fraction of sp³-hybridized carbons (Fsp3) is 0.450. The number of carbonyl (C=O) groups excluding carboxylic acids is 1. The van der Waals surface area contributed by atoms with E-state index in [9.17, 15) is 14.3 Å². The normalized spacial score (nSPS) is 17.2. The molecule has 1 heterocycles. The lowest BCUT2D eigenvalue weighted by molar-refractivity contribution is -0.118. The summed E-state index contributed by atoms with van der Waals surface area (Å²) in [6, 6.07) is 10.3. The fourth-order valence-corrected chi connectivity index (χ4v) is 5.34. The number of aliphatic hydroxyl groups is 1. The second-order valence-electron chi connectivity index (χ2n) is 6.88. The Kier molecular flexibility index (Phi) is 6.37. The van der Waals surface area contributed by atoms with Gasteiger partial charge in [0, 0.05) is 26.6 Å². The first kappa shape index (κ1) is 19.4. The van der Waals surface area contributed by atoms with E-state index in [2.05, 4.69) is 11.4 Å². The van der Waals surface area contributed by atoms with E-state index < -0.39 is 6.10 Å². The molecule has 1 amide bonds. The van der Waals surface area contributed by atoms with Crippen molar-refractivity contribution in [2.75, 3.05) is 12.3 Å². The van der Waals surface area contributed by atoms with Crippen LogP contribution in [0.2, 0.25) is 0 Å². The lowest BCUT2D eigenvalue weighted by atomic mass is 9.84. The number of benzene rings is 1. The average Bonchev–Trinajstić information content (AvgIpc) is 3.29. The molecule has 1 aromatic heterocycles. The van der Waals surface area contributed by atoms with Gasteiger partial charge in [0.05, 0.1) is 11.9 Å². The Labute approximate surface area is 162 Å². The first-order chi connectivity index (χ1) is 12.5. The second-order valence-corrected chi connectivity index (χ2v) is 9.05. The van der Waals surface area contributed by atoms with Crippen LogP contribution in [0.15, 0.2) is 41.3 Å². The molecule has 0 bridgehead atoms. The van der Waals surface area contributed by atoms with Crippen LogP contribution >= 0.6 is 23.1 Å². The van der Waals surface area contributed by atoms with Crippen LogP contribution in [0.4, 0.5) is 4.39 Å². The molecule has 1 unspecified atom stereocenters. The highest BCUT2D eigenvalue weighted by Gasteiger charge is 2.37. The molecule has 0 spiro atoms. The van der Waals surface area contributed by atoms with Crippen molar-refractivity contribution in [1.82, 2.24) is 5.32 Å². The molecule has 1 aliphatic carbocycles. The van der Waals surface area contributed by atoms with Crippen LogP contribution in [0.5, 0.6) is 0 Å². The minimum Gasteiger partial charge on any atom is -0.388 e. The average molecular weight is 394 g/mol. The SMILES string of the molecule is CC(O)c1ccc(C2(CNC(=O)CSc3ccc(F)cc3)CCCC2)s1. The van der Waals surface area contributed by atoms with E-state index in [1.165, 1.54) is 41.6 Å². The van der Waals surface area contributed by atoms with Crippen LogP contribution in [0.1, 0.15) is 48.5 Å². The summed E-state index contributed by atoms with van der Waals surface area (Å²) in [5.74, 6) is 0.0536. The highest BCUT2D eigenvalue weighted by atomic mass is 32.2. The van der Waals surface area contributed by atoms with E-state index in [1.807, 2.05) is 6.07 Å². The summed E-state index contributed by atoms with van der Waals surface area (Å²) in [6.45, 7) is 2.42. The topological polar surface area (TPSA) is 49.3 Å². The van der Waals surface area contributed by atoms with Gasteiger partial charge in [0.2, 0.25) is 5.91 Å². The standard InChI is InChI=1S/C20H24FNO2S2/c1-14(23)17-8-9-18(26-17)20(10-2-3-11-20)13-22-19(24)12-25-16-6-4-15(21)5-7-16/h4-9,14,23H,2-3,10-13H2,1H3,(H,22,24). The van der Waals surface area contributed by atoms with E-state index >= 15 is 0 Å². The molecule has 1 aromatic carbocycles. The maximum atomic E-state index is 12.9. The number of aliphatic hydroxyl groups excluding tert-OH is 1. The lowest BCUT2D eigenvalue weighted by Gasteiger charge is -2.28. The van der Waals surface area contributed by atoms with E-state index in [1.54, 1.807) is 30.4 Å². The maximum absolute atomic E-state index is 12.9. The van der Waals surface area contributed by atoms with Crippen molar-refractivity contribution < 1.29 is 14.3 Å². The monoisotopic (exact) mass is 393 g/mol. The van der Waals surface area contributed by atoms with E-state index in [4.69, 9.17) is 0 Å². The summed E-state index contributed by atoms with van der Waals surface area (Å²) in [6.07, 6.45) is 4.02. The molecular formula is C20H24FNO2S2. The predicted octanol–water partition coefficient (Wildman–Crippen LogP) is 4.66. The number of halogens is 1. The van der Waals surface area contributed by atoms with Crippen LogP contribution in [0, 0.1) is 5.82 Å². The third-order valence-electron chi connectivity index (χ3n) is 4.93. The summed E-state index contributed by atoms with van der Waals surface area (Å²) in [5.41, 5.74) is -0.00594. The predicted molar refractivity (Wildman–Crippen MR) is 105 cm³/mol. The van der Waals surface area contributed by atoms with Crippen molar-refractivity contribution in [3.63, 3.8) is 0 Å². The number of thiophene rings is 1. The molecular weight excluding hydrogens is 369 g/mol. The molecule has 1 aliphatic rings. The number of nitrogens with one attached hydrogen (secondary N) is 1. The Morgan fingerprint density at radius 2 is 1.96 bits per heavy atom. The number of rotatable bonds is 7. The fourth-order valence-electron chi connectivity index (χ4n) is 3.42. The lowest BCUT2D eigenvalue weighted by Crippen LogP contribution is -2.39. The molecule has 6 heteroatoms. The van der Waals surface area contributed by atoms with Gasteiger partial charge < -0.3 is 10.4 Å². The van der Waals surface area contributed by atoms with Crippen LogP contribution in [0.3, 0.4) is 0 Å². The zero-order valence-corrected chi connectivity index (χ0v) is 16.5. The van der Waals surface area contributed by atoms with E-state index in [0.717, 1.165) is 22.6 Å². The van der Waals surface area contributed by atoms with Crippen molar-refractivity contribution in [3.8, 4) is 0 Å². The van der Waals surface area contributed by atoms with Gasteiger partial charge in [0.25, 0.3) is 0 Å². The van der Waals surface area contributed by atoms with Gasteiger partial charge in [-0.1, -0.05) is 12.8 Å². The zero-order chi connectivity index (χ0) is 18.6. The summed E-state index contributed by atoms with van der Waals surface area (Å²) < 4.78 is 12.9. The van der Waals surface area contributed by atoms with Gasteiger partial charge in [0.15, 0.2) is 0 Å². The first-order valence-electron chi connectivity index (χ1n) is 8.92. The summed E-state index contributed by atoms with van der Waals surface area (Å²) >= 11 is 3.07. The summed E-state index contributed by atoms with van der Waals surface area (Å²) in [4.78, 5) is 15.4. The Morgan fingerprint density at radius 3 is 2.58 bits per heavy atom. The molecule has 1 fully saturated rings. The number of amides is 1. The molecule has 2 aromatic rings. The Balaban J connectivity index is 1.58. The van der Waals surface area contributed by atoms with Crippen LogP contribution in [-0.4, -0.2) is 23.3 Å². The number of carbonyl (C=O) groups is 1. The third kappa shape index (κ3) is 4.67. The van der Waals surface area contributed by atoms with Gasteiger partial charge in [-0.05, 0) is 56.2 Å². The molecule has 2 N–H and O–H groups in total. The molecule has 1 atom stereocenters. The highest BCUT2D eigenvalue weighted by molar-refractivity contribution is 8.00. The summed E-state index contributed by atoms with van der Waals surface area (Å²) in [7, 11) is 0. The molecule has 140 valence electrons. The van der Waals surface area contributed by atoms with Gasteiger partial charge in [-0.2, -0.15) is 0 Å². The summed E-state index contributed by atoms with van der Waals surface area (Å²) in [5, 5.41) is 12.9. The number of hydrogen-bond donors (Lipinski definition) is 2. The van der Waals surface area contributed by atoms with Crippen molar-refractivity contribution >= 4 is 29.0 Å². The molecule has 1 saturated carbocycles. The van der Waals surface area contributed by atoms with Crippen LogP contribution in [-0.2, 0) is 10.2 Å². The van der Waals surface area contributed by atoms with Gasteiger partial charge in [-0.15, -0.1) is 23.1 Å². The molecule has 3 rings (SSSR count). The smallest absolute Gasteiger partial charge is 0.230 e. The van der Waals surface area contributed by atoms with E-state index in [0.29, 0.717) is 12.3 Å². The largest absolute Gasteiger partial charge is 0.388 e. The Hall–Kier alpha value is -1.37. The third-order valence-corrected chi connectivity index (χ3v) is 7.44. The van der Waals surface area contributed by atoms with Crippen molar-refractivity contribution in [3.05, 3.63) is 52.0 Å². The minimum atomic E-state index is -0.450. The second kappa shape index (κ2) is 8.55. The van der Waals surface area contributed by atoms with Gasteiger partial charge in [-0.25, -0.2) is 4.39 Å². The molecule has 0 saturated heterocycles. The minimum absolute atomic E-state index is 0.00194. The van der Waals surface area contributed by atoms with Gasteiger partial charge in [0.1, 0.15) is 5.82 Å². The first-order valence-corrected chi connectivity index (χ1v) is 10.7.